The van der Waals surface area contributed by atoms with Crippen molar-refractivity contribution in [3.05, 3.63) is 34.1 Å². The summed E-state index contributed by atoms with van der Waals surface area (Å²) in [6.07, 6.45) is 2.28. The number of fused-ring (bicyclic) bond motifs is 1. The van der Waals surface area contributed by atoms with Gasteiger partial charge in [-0.2, -0.15) is 0 Å². The predicted molar refractivity (Wildman–Crippen MR) is 97.0 cm³/mol. The van der Waals surface area contributed by atoms with Crippen molar-refractivity contribution in [1.29, 1.82) is 0 Å². The molecular weight excluding hydrogens is 336 g/mol. The van der Waals surface area contributed by atoms with Crippen LogP contribution >= 0.6 is 0 Å². The fourth-order valence-corrected chi connectivity index (χ4v) is 3.18. The number of benzene rings is 1. The number of amides is 1. The molecule has 2 aromatic rings. The Balaban J connectivity index is 1.58. The number of likely N-dealkylation sites (tertiary alicyclic amines) is 1. The van der Waals surface area contributed by atoms with E-state index in [9.17, 15) is 14.9 Å². The average Bonchev–Trinajstić information content (AvgIpc) is 2.95. The largest absolute Gasteiger partial charge is 0.444 e. The molecule has 0 spiro atoms. The van der Waals surface area contributed by atoms with Gasteiger partial charge in [0.25, 0.3) is 5.69 Å². The number of non-ortho nitro benzene ring substituents is 1. The highest BCUT2D eigenvalue weighted by atomic mass is 16.6. The van der Waals surface area contributed by atoms with Gasteiger partial charge in [-0.15, -0.1) is 0 Å². The van der Waals surface area contributed by atoms with Gasteiger partial charge in [0.05, 0.1) is 16.0 Å². The van der Waals surface area contributed by atoms with Crippen LogP contribution in [0.2, 0.25) is 0 Å². The molecule has 1 fully saturated rings. The number of rotatable bonds is 3. The molecule has 26 heavy (non-hydrogen) atoms. The number of hydrogen-bond donors (Lipinski definition) is 1. The van der Waals surface area contributed by atoms with Crippen LogP contribution in [0.1, 0.15) is 39.4 Å². The number of aromatic amines is 1. The van der Waals surface area contributed by atoms with Crippen LogP contribution < -0.4 is 0 Å². The van der Waals surface area contributed by atoms with Crippen molar-refractivity contribution in [1.82, 2.24) is 14.9 Å². The minimum atomic E-state index is -0.481. The zero-order valence-corrected chi connectivity index (χ0v) is 15.3. The highest BCUT2D eigenvalue weighted by Gasteiger charge is 2.27. The lowest BCUT2D eigenvalue weighted by Gasteiger charge is -2.33. The first-order valence-corrected chi connectivity index (χ1v) is 8.82. The first-order valence-electron chi connectivity index (χ1n) is 8.82. The van der Waals surface area contributed by atoms with Gasteiger partial charge < -0.3 is 14.6 Å². The molecule has 1 amide bonds. The van der Waals surface area contributed by atoms with Gasteiger partial charge in [-0.3, -0.25) is 10.1 Å². The summed E-state index contributed by atoms with van der Waals surface area (Å²) >= 11 is 0. The van der Waals surface area contributed by atoms with E-state index in [-0.39, 0.29) is 11.8 Å². The lowest BCUT2D eigenvalue weighted by molar-refractivity contribution is -0.384. The molecule has 8 nitrogen and oxygen atoms in total. The van der Waals surface area contributed by atoms with Crippen LogP contribution in [0.5, 0.6) is 0 Å². The molecule has 0 radical (unpaired) electrons. The van der Waals surface area contributed by atoms with Gasteiger partial charge in [0.15, 0.2) is 0 Å². The Morgan fingerprint density at radius 2 is 2.08 bits per heavy atom. The molecule has 1 N–H and O–H groups in total. The number of aromatic nitrogens is 2. The number of hydrogen-bond acceptors (Lipinski definition) is 5. The van der Waals surface area contributed by atoms with Gasteiger partial charge in [0.1, 0.15) is 11.4 Å². The number of nitro groups is 1. The molecule has 0 saturated carbocycles. The zero-order valence-electron chi connectivity index (χ0n) is 15.3. The summed E-state index contributed by atoms with van der Waals surface area (Å²) < 4.78 is 5.41. The maximum Gasteiger partial charge on any atom is 0.410 e. The van der Waals surface area contributed by atoms with E-state index < -0.39 is 10.5 Å². The molecule has 0 atom stereocenters. The van der Waals surface area contributed by atoms with E-state index in [0.717, 1.165) is 30.6 Å². The van der Waals surface area contributed by atoms with Gasteiger partial charge in [-0.05, 0) is 45.6 Å². The standard InChI is InChI=1S/C18H24N4O4/c1-18(2,3)26-17(23)21-8-6-12(7-9-21)10-16-19-14-5-4-13(22(24)25)11-15(14)20-16/h4-5,11-12H,6-10H2,1-3H3,(H,19,20). The van der Waals surface area contributed by atoms with Crippen LogP contribution in [-0.4, -0.2) is 44.6 Å². The number of nitro benzene ring substituents is 1. The van der Waals surface area contributed by atoms with E-state index in [1.807, 2.05) is 20.8 Å². The number of imidazole rings is 1. The second kappa shape index (κ2) is 6.93. The van der Waals surface area contributed by atoms with E-state index in [1.165, 1.54) is 12.1 Å². The Hall–Kier alpha value is -2.64. The summed E-state index contributed by atoms with van der Waals surface area (Å²) in [6.45, 7) is 6.94. The SMILES string of the molecule is CC(C)(C)OC(=O)N1CCC(Cc2nc3ccc([N+](=O)[O-])cc3[nH]2)CC1. The second-order valence-electron chi connectivity index (χ2n) is 7.76. The second-order valence-corrected chi connectivity index (χ2v) is 7.76. The highest BCUT2D eigenvalue weighted by Crippen LogP contribution is 2.24. The Bertz CT molecular complexity index is 816. The molecule has 0 aliphatic carbocycles. The van der Waals surface area contributed by atoms with E-state index >= 15 is 0 Å². The van der Waals surface area contributed by atoms with Crippen LogP contribution in [0.25, 0.3) is 11.0 Å². The van der Waals surface area contributed by atoms with E-state index in [1.54, 1.807) is 11.0 Å². The summed E-state index contributed by atoms with van der Waals surface area (Å²) in [4.78, 5) is 32.0. The molecule has 0 bridgehead atoms. The molecule has 1 aliphatic heterocycles. The Labute approximate surface area is 151 Å². The fraction of sp³-hybridized carbons (Fsp3) is 0.556. The van der Waals surface area contributed by atoms with Crippen molar-refractivity contribution in [3.63, 3.8) is 0 Å². The number of piperidine rings is 1. The van der Waals surface area contributed by atoms with Crippen LogP contribution in [0.3, 0.4) is 0 Å². The Morgan fingerprint density at radius 3 is 2.69 bits per heavy atom. The number of nitrogens with zero attached hydrogens (tertiary/aromatic N) is 3. The number of carbonyl (C=O) groups excluding carboxylic acids is 1. The van der Waals surface area contributed by atoms with Gasteiger partial charge in [-0.25, -0.2) is 9.78 Å². The summed E-state index contributed by atoms with van der Waals surface area (Å²) in [5, 5.41) is 10.9. The van der Waals surface area contributed by atoms with Crippen molar-refractivity contribution in [2.75, 3.05) is 13.1 Å². The Morgan fingerprint density at radius 1 is 1.38 bits per heavy atom. The van der Waals surface area contributed by atoms with Crippen molar-refractivity contribution in [2.45, 2.75) is 45.6 Å². The van der Waals surface area contributed by atoms with E-state index in [4.69, 9.17) is 4.74 Å². The molecule has 1 saturated heterocycles. The number of H-pyrrole nitrogens is 1. The number of ether oxygens (including phenoxy) is 1. The van der Waals surface area contributed by atoms with Crippen LogP contribution in [0, 0.1) is 16.0 Å². The average molecular weight is 360 g/mol. The third-order valence-corrected chi connectivity index (χ3v) is 4.47. The predicted octanol–water partition coefficient (Wildman–Crippen LogP) is 3.66. The molecule has 8 heteroatoms. The highest BCUT2D eigenvalue weighted by molar-refractivity contribution is 5.77. The lowest BCUT2D eigenvalue weighted by Crippen LogP contribution is -2.42. The number of nitrogens with one attached hydrogen (secondary N) is 1. The van der Waals surface area contributed by atoms with E-state index in [0.29, 0.717) is 24.5 Å². The van der Waals surface area contributed by atoms with Crippen molar-refractivity contribution in [3.8, 4) is 0 Å². The van der Waals surface area contributed by atoms with Crippen LogP contribution in [0.15, 0.2) is 18.2 Å². The van der Waals surface area contributed by atoms with Gasteiger partial charge >= 0.3 is 6.09 Å². The monoisotopic (exact) mass is 360 g/mol. The normalized spacial score (nSPS) is 16.0. The lowest BCUT2D eigenvalue weighted by atomic mass is 9.93. The van der Waals surface area contributed by atoms with Crippen molar-refractivity contribution < 1.29 is 14.5 Å². The summed E-state index contributed by atoms with van der Waals surface area (Å²) in [5.41, 5.74) is 0.987. The minimum Gasteiger partial charge on any atom is -0.444 e. The first kappa shape index (κ1) is 18.2. The third kappa shape index (κ3) is 4.30. The molecule has 1 aromatic carbocycles. The topological polar surface area (TPSA) is 101 Å². The summed E-state index contributed by atoms with van der Waals surface area (Å²) in [5.74, 6) is 1.25. The van der Waals surface area contributed by atoms with Gasteiger partial charge in [-0.1, -0.05) is 0 Å². The van der Waals surface area contributed by atoms with Crippen LogP contribution in [-0.2, 0) is 11.2 Å². The minimum absolute atomic E-state index is 0.0540. The molecular formula is C18H24N4O4. The quantitative estimate of drug-likeness (QED) is 0.665. The first-order chi connectivity index (χ1) is 12.2. The van der Waals surface area contributed by atoms with Crippen molar-refractivity contribution >= 4 is 22.8 Å². The summed E-state index contributed by atoms with van der Waals surface area (Å²) in [7, 11) is 0. The van der Waals surface area contributed by atoms with Gasteiger partial charge in [0, 0.05) is 31.6 Å². The molecule has 1 aliphatic rings. The van der Waals surface area contributed by atoms with Crippen molar-refractivity contribution in [2.24, 2.45) is 5.92 Å². The molecule has 140 valence electrons. The van der Waals surface area contributed by atoms with Crippen LogP contribution in [0.4, 0.5) is 10.5 Å². The number of carbonyl (C=O) groups is 1. The maximum atomic E-state index is 12.1. The molecule has 3 rings (SSSR count). The zero-order chi connectivity index (χ0) is 18.9. The fourth-order valence-electron chi connectivity index (χ4n) is 3.18. The summed E-state index contributed by atoms with van der Waals surface area (Å²) in [6, 6.07) is 4.64. The Kier molecular flexibility index (Phi) is 4.84. The maximum absolute atomic E-state index is 12.1. The van der Waals surface area contributed by atoms with E-state index in [2.05, 4.69) is 9.97 Å². The molecule has 2 heterocycles. The third-order valence-electron chi connectivity index (χ3n) is 4.47. The molecule has 0 unspecified atom stereocenters. The molecule has 1 aromatic heterocycles. The smallest absolute Gasteiger partial charge is 0.410 e. The van der Waals surface area contributed by atoms with Gasteiger partial charge in [0.2, 0.25) is 0 Å².